The monoisotopic (exact) mass is 374 g/mol. The molecule has 1 aromatic rings. The van der Waals surface area contributed by atoms with Gasteiger partial charge < -0.3 is 24.4 Å². The van der Waals surface area contributed by atoms with Crippen LogP contribution in [0.2, 0.25) is 0 Å². The van der Waals surface area contributed by atoms with Crippen LogP contribution in [0, 0.1) is 0 Å². The fraction of sp³-hybridized carbons (Fsp3) is 0.571. The van der Waals surface area contributed by atoms with E-state index in [-0.39, 0.29) is 18.4 Å². The fourth-order valence-corrected chi connectivity index (χ4v) is 3.44. The third kappa shape index (κ3) is 5.54. The summed E-state index contributed by atoms with van der Waals surface area (Å²) >= 11 is 0. The minimum Gasteiger partial charge on any atom is -0.459 e. The molecule has 3 rings (SSSR count). The minimum atomic E-state index is -0.440. The Balaban J connectivity index is 1.71. The molecule has 0 unspecified atom stereocenters. The summed E-state index contributed by atoms with van der Waals surface area (Å²) < 4.78 is 11.8. The lowest BCUT2D eigenvalue weighted by Crippen LogP contribution is -2.48. The highest BCUT2D eigenvalue weighted by molar-refractivity contribution is 5.91. The zero-order chi connectivity index (χ0) is 19.1. The molecule has 2 heterocycles. The van der Waals surface area contributed by atoms with Crippen LogP contribution in [0.3, 0.4) is 0 Å². The van der Waals surface area contributed by atoms with Gasteiger partial charge >= 0.3 is 0 Å². The molecule has 2 aliphatic heterocycles. The van der Waals surface area contributed by atoms with E-state index in [1.54, 1.807) is 0 Å². The van der Waals surface area contributed by atoms with Crippen molar-refractivity contribution >= 4 is 5.91 Å². The van der Waals surface area contributed by atoms with E-state index < -0.39 is 6.29 Å². The minimum absolute atomic E-state index is 0.0484. The number of hydrogen-bond donors (Lipinski definition) is 1. The van der Waals surface area contributed by atoms with E-state index in [0.29, 0.717) is 38.3 Å². The maximum atomic E-state index is 13.0. The Morgan fingerprint density at radius 3 is 2.63 bits per heavy atom. The second kappa shape index (κ2) is 9.88. The molecular weight excluding hydrogens is 344 g/mol. The maximum Gasteiger partial charge on any atom is 0.288 e. The highest BCUT2D eigenvalue weighted by Gasteiger charge is 2.31. The molecule has 6 nitrogen and oxygen atoms in total. The number of carbonyl (C=O) groups is 1. The number of aliphatic hydroxyl groups excluding tert-OH is 1. The first kappa shape index (κ1) is 19.9. The molecular formula is C21H30N2O4. The first-order chi connectivity index (χ1) is 13.2. The summed E-state index contributed by atoms with van der Waals surface area (Å²) in [6, 6.07) is 10.2. The quantitative estimate of drug-likeness (QED) is 0.740. The van der Waals surface area contributed by atoms with Crippen molar-refractivity contribution in [3.05, 3.63) is 47.7 Å². The number of amides is 1. The standard InChI is InChI=1S/C21H30N2O4/c1-22-9-11-23(12-10-22)21(25)19-15-18(17-7-3-2-4-8-17)16-20(27-19)26-14-6-5-13-24/h2-4,7-8,15,18,20,24H,5-6,9-14,16H2,1H3/t18-,20+/m0/s1. The summed E-state index contributed by atoms with van der Waals surface area (Å²) in [4.78, 5) is 17.1. The normalized spacial score (nSPS) is 23.6. The Morgan fingerprint density at radius 2 is 1.93 bits per heavy atom. The van der Waals surface area contributed by atoms with Gasteiger partial charge in [0.2, 0.25) is 6.29 Å². The highest BCUT2D eigenvalue weighted by Crippen LogP contribution is 2.32. The van der Waals surface area contributed by atoms with E-state index in [2.05, 4.69) is 24.1 Å². The number of carbonyl (C=O) groups excluding carboxylic acids is 1. The van der Waals surface area contributed by atoms with Gasteiger partial charge in [-0.1, -0.05) is 30.3 Å². The topological polar surface area (TPSA) is 62.2 Å². The van der Waals surface area contributed by atoms with Gasteiger partial charge in [0.05, 0.1) is 6.61 Å². The number of rotatable bonds is 7. The van der Waals surface area contributed by atoms with Crippen molar-refractivity contribution < 1.29 is 19.4 Å². The lowest BCUT2D eigenvalue weighted by Gasteiger charge is -2.35. The summed E-state index contributed by atoms with van der Waals surface area (Å²) in [7, 11) is 2.07. The molecule has 1 N–H and O–H groups in total. The first-order valence-corrected chi connectivity index (χ1v) is 9.81. The van der Waals surface area contributed by atoms with E-state index in [1.807, 2.05) is 29.2 Å². The summed E-state index contributed by atoms with van der Waals surface area (Å²) in [6.07, 6.45) is 3.67. The second-order valence-electron chi connectivity index (χ2n) is 7.23. The van der Waals surface area contributed by atoms with Crippen molar-refractivity contribution in [3.8, 4) is 0 Å². The number of nitrogens with zero attached hydrogens (tertiary/aromatic N) is 2. The summed E-state index contributed by atoms with van der Waals surface area (Å²) in [6.45, 7) is 3.86. The number of likely N-dealkylation sites (N-methyl/N-ethyl adjacent to an activating group) is 1. The summed E-state index contributed by atoms with van der Waals surface area (Å²) in [5.74, 6) is 0.439. The van der Waals surface area contributed by atoms with Crippen LogP contribution in [0.5, 0.6) is 0 Å². The Labute approximate surface area is 161 Å². The van der Waals surface area contributed by atoms with Crippen LogP contribution >= 0.6 is 0 Å². The van der Waals surface area contributed by atoms with Gasteiger partial charge in [0.25, 0.3) is 5.91 Å². The van der Waals surface area contributed by atoms with Gasteiger partial charge in [-0.3, -0.25) is 4.79 Å². The average molecular weight is 374 g/mol. The van der Waals surface area contributed by atoms with Gasteiger partial charge in [-0.2, -0.15) is 0 Å². The van der Waals surface area contributed by atoms with Crippen molar-refractivity contribution in [2.75, 3.05) is 46.4 Å². The van der Waals surface area contributed by atoms with Crippen molar-refractivity contribution in [2.45, 2.75) is 31.5 Å². The van der Waals surface area contributed by atoms with Crippen LogP contribution in [0.15, 0.2) is 42.2 Å². The highest BCUT2D eigenvalue weighted by atomic mass is 16.7. The molecule has 0 bridgehead atoms. The Morgan fingerprint density at radius 1 is 1.19 bits per heavy atom. The van der Waals surface area contributed by atoms with Crippen LogP contribution in [0.4, 0.5) is 0 Å². The smallest absolute Gasteiger partial charge is 0.288 e. The fourth-order valence-electron chi connectivity index (χ4n) is 3.44. The van der Waals surface area contributed by atoms with E-state index in [1.165, 1.54) is 0 Å². The largest absolute Gasteiger partial charge is 0.459 e. The molecule has 1 aromatic carbocycles. The van der Waals surface area contributed by atoms with Gasteiger partial charge in [0, 0.05) is 45.1 Å². The predicted octanol–water partition coefficient (Wildman–Crippen LogP) is 1.96. The van der Waals surface area contributed by atoms with Crippen LogP contribution in [0.25, 0.3) is 0 Å². The second-order valence-corrected chi connectivity index (χ2v) is 7.23. The summed E-state index contributed by atoms with van der Waals surface area (Å²) in [5.41, 5.74) is 1.16. The van der Waals surface area contributed by atoms with Gasteiger partial charge in [-0.15, -0.1) is 0 Å². The molecule has 1 fully saturated rings. The molecule has 27 heavy (non-hydrogen) atoms. The Hall–Kier alpha value is -1.89. The number of hydrogen-bond acceptors (Lipinski definition) is 5. The van der Waals surface area contributed by atoms with Crippen molar-refractivity contribution in [2.24, 2.45) is 0 Å². The van der Waals surface area contributed by atoms with Gasteiger partial charge in [0.1, 0.15) is 0 Å². The van der Waals surface area contributed by atoms with Crippen molar-refractivity contribution in [1.29, 1.82) is 0 Å². The molecule has 2 aliphatic rings. The predicted molar refractivity (Wildman–Crippen MR) is 103 cm³/mol. The molecule has 0 aliphatic carbocycles. The molecule has 0 aromatic heterocycles. The van der Waals surface area contributed by atoms with E-state index in [0.717, 1.165) is 25.1 Å². The molecule has 6 heteroatoms. The number of benzene rings is 1. The maximum absolute atomic E-state index is 13.0. The molecule has 1 saturated heterocycles. The Kier molecular flexibility index (Phi) is 7.26. The van der Waals surface area contributed by atoms with Crippen LogP contribution < -0.4 is 0 Å². The number of allylic oxidation sites excluding steroid dienone is 1. The third-order valence-electron chi connectivity index (χ3n) is 5.14. The number of piperazine rings is 1. The van der Waals surface area contributed by atoms with E-state index >= 15 is 0 Å². The van der Waals surface area contributed by atoms with E-state index in [4.69, 9.17) is 14.6 Å². The molecule has 148 valence electrons. The number of unbranched alkanes of at least 4 members (excludes halogenated alkanes) is 1. The lowest BCUT2D eigenvalue weighted by molar-refractivity contribution is -0.153. The molecule has 0 radical (unpaired) electrons. The zero-order valence-corrected chi connectivity index (χ0v) is 16.0. The molecule has 0 spiro atoms. The lowest BCUT2D eigenvalue weighted by atomic mass is 9.93. The van der Waals surface area contributed by atoms with Crippen LogP contribution in [-0.2, 0) is 14.3 Å². The van der Waals surface area contributed by atoms with Gasteiger partial charge in [0.15, 0.2) is 5.76 Å². The van der Waals surface area contributed by atoms with Gasteiger partial charge in [-0.05, 0) is 31.5 Å². The third-order valence-corrected chi connectivity index (χ3v) is 5.14. The number of ether oxygens (including phenoxy) is 2. The number of aliphatic hydroxyl groups is 1. The van der Waals surface area contributed by atoms with Crippen LogP contribution in [-0.4, -0.2) is 73.5 Å². The molecule has 2 atom stereocenters. The molecule has 1 amide bonds. The summed E-state index contributed by atoms with van der Waals surface area (Å²) in [5, 5.41) is 8.92. The van der Waals surface area contributed by atoms with Crippen molar-refractivity contribution in [3.63, 3.8) is 0 Å². The van der Waals surface area contributed by atoms with Crippen molar-refractivity contribution in [1.82, 2.24) is 9.80 Å². The van der Waals surface area contributed by atoms with Crippen LogP contribution in [0.1, 0.15) is 30.7 Å². The first-order valence-electron chi connectivity index (χ1n) is 9.81. The average Bonchev–Trinajstić information content (AvgIpc) is 2.72. The SMILES string of the molecule is CN1CCN(C(=O)C2=C[C@H](c3ccccc3)C[C@H](OCCCCO)O2)CC1. The van der Waals surface area contributed by atoms with E-state index in [9.17, 15) is 4.79 Å². The van der Waals surface area contributed by atoms with Gasteiger partial charge in [-0.25, -0.2) is 0 Å². The molecule has 0 saturated carbocycles. The zero-order valence-electron chi connectivity index (χ0n) is 16.0. The Bertz CT molecular complexity index is 626.